The molecular formula is C14H17N3O. The van der Waals surface area contributed by atoms with Gasteiger partial charge in [-0.15, -0.1) is 0 Å². The first-order valence-electron chi connectivity index (χ1n) is 6.00. The zero-order chi connectivity index (χ0) is 12.8. The molecule has 1 aromatic carbocycles. The minimum Gasteiger partial charge on any atom is -0.497 e. The second-order valence-electron chi connectivity index (χ2n) is 3.87. The van der Waals surface area contributed by atoms with Crippen molar-refractivity contribution in [2.45, 2.75) is 13.5 Å². The summed E-state index contributed by atoms with van der Waals surface area (Å²) in [5.41, 5.74) is 2.00. The molecule has 0 aliphatic carbocycles. The molecule has 1 N–H and O–H groups in total. The lowest BCUT2D eigenvalue weighted by molar-refractivity contribution is 0.415. The zero-order valence-corrected chi connectivity index (χ0v) is 10.7. The number of methoxy groups -OCH3 is 1. The molecule has 0 spiro atoms. The van der Waals surface area contributed by atoms with Gasteiger partial charge in [0.1, 0.15) is 11.6 Å². The van der Waals surface area contributed by atoms with Gasteiger partial charge in [-0.25, -0.2) is 9.97 Å². The van der Waals surface area contributed by atoms with E-state index in [4.69, 9.17) is 4.74 Å². The van der Waals surface area contributed by atoms with Gasteiger partial charge in [0.05, 0.1) is 19.3 Å². The monoisotopic (exact) mass is 243 g/mol. The van der Waals surface area contributed by atoms with Gasteiger partial charge in [0, 0.05) is 11.8 Å². The second kappa shape index (κ2) is 6.12. The summed E-state index contributed by atoms with van der Waals surface area (Å²) in [5, 5.41) is 3.22. The van der Waals surface area contributed by atoms with E-state index >= 15 is 0 Å². The fourth-order valence-corrected chi connectivity index (χ4v) is 1.64. The Labute approximate surface area is 107 Å². The van der Waals surface area contributed by atoms with Gasteiger partial charge in [0.15, 0.2) is 0 Å². The van der Waals surface area contributed by atoms with Crippen molar-refractivity contribution < 1.29 is 4.74 Å². The lowest BCUT2D eigenvalue weighted by Gasteiger charge is -2.05. The fourth-order valence-electron chi connectivity index (χ4n) is 1.64. The predicted octanol–water partition coefficient (Wildman–Crippen LogP) is 2.26. The molecule has 94 valence electrons. The predicted molar refractivity (Wildman–Crippen MR) is 71.4 cm³/mol. The maximum atomic E-state index is 5.14. The van der Waals surface area contributed by atoms with Gasteiger partial charge < -0.3 is 10.1 Å². The summed E-state index contributed by atoms with van der Waals surface area (Å²) in [5.74, 6) is 1.66. The number of rotatable bonds is 5. The van der Waals surface area contributed by atoms with E-state index < -0.39 is 0 Å². The third-order valence-electron chi connectivity index (χ3n) is 2.62. The van der Waals surface area contributed by atoms with E-state index in [2.05, 4.69) is 22.2 Å². The van der Waals surface area contributed by atoms with Crippen molar-refractivity contribution in [2.75, 3.05) is 13.7 Å². The number of hydrogen-bond acceptors (Lipinski definition) is 4. The zero-order valence-electron chi connectivity index (χ0n) is 10.7. The molecule has 0 unspecified atom stereocenters. The first-order valence-corrected chi connectivity index (χ1v) is 6.00. The summed E-state index contributed by atoms with van der Waals surface area (Å²) < 4.78 is 5.14. The third kappa shape index (κ3) is 3.05. The van der Waals surface area contributed by atoms with Crippen LogP contribution in [-0.4, -0.2) is 23.6 Å². The van der Waals surface area contributed by atoms with Crippen LogP contribution >= 0.6 is 0 Å². The van der Waals surface area contributed by atoms with Crippen LogP contribution in [0.15, 0.2) is 36.5 Å². The molecule has 2 aromatic rings. The summed E-state index contributed by atoms with van der Waals surface area (Å²) in [6, 6.07) is 9.77. The van der Waals surface area contributed by atoms with Crippen molar-refractivity contribution in [1.29, 1.82) is 0 Å². The summed E-state index contributed by atoms with van der Waals surface area (Å²) in [6.07, 6.45) is 1.79. The molecule has 0 atom stereocenters. The van der Waals surface area contributed by atoms with Crippen LogP contribution in [-0.2, 0) is 6.54 Å². The molecule has 0 saturated carbocycles. The molecule has 0 aliphatic heterocycles. The quantitative estimate of drug-likeness (QED) is 0.875. The van der Waals surface area contributed by atoms with Crippen LogP contribution in [0.3, 0.4) is 0 Å². The molecule has 2 rings (SSSR count). The smallest absolute Gasteiger partial charge is 0.142 e. The second-order valence-corrected chi connectivity index (χ2v) is 3.87. The average molecular weight is 243 g/mol. The SMILES string of the molecule is CCNCc1nccc(-c2ccc(OC)cc2)n1. The van der Waals surface area contributed by atoms with Crippen LogP contribution in [0.1, 0.15) is 12.7 Å². The van der Waals surface area contributed by atoms with Crippen molar-refractivity contribution in [3.8, 4) is 17.0 Å². The highest BCUT2D eigenvalue weighted by atomic mass is 16.5. The molecule has 4 nitrogen and oxygen atoms in total. The van der Waals surface area contributed by atoms with Gasteiger partial charge in [0.25, 0.3) is 0 Å². The number of ether oxygens (including phenoxy) is 1. The molecule has 4 heteroatoms. The summed E-state index contributed by atoms with van der Waals surface area (Å²) in [6.45, 7) is 3.67. The standard InChI is InChI=1S/C14H17N3O/c1-3-15-10-14-16-9-8-13(17-14)11-4-6-12(18-2)7-5-11/h4-9,15H,3,10H2,1-2H3. The highest BCUT2D eigenvalue weighted by molar-refractivity contribution is 5.59. The third-order valence-corrected chi connectivity index (χ3v) is 2.62. The van der Waals surface area contributed by atoms with Crippen molar-refractivity contribution in [2.24, 2.45) is 0 Å². The lowest BCUT2D eigenvalue weighted by atomic mass is 10.1. The number of hydrogen-bond donors (Lipinski definition) is 1. The Balaban J connectivity index is 2.20. The highest BCUT2D eigenvalue weighted by Crippen LogP contribution is 2.20. The Morgan fingerprint density at radius 1 is 1.17 bits per heavy atom. The largest absolute Gasteiger partial charge is 0.497 e. The Morgan fingerprint density at radius 3 is 2.61 bits per heavy atom. The van der Waals surface area contributed by atoms with Crippen molar-refractivity contribution in [3.63, 3.8) is 0 Å². The minimum absolute atomic E-state index is 0.695. The van der Waals surface area contributed by atoms with Gasteiger partial charge in [0.2, 0.25) is 0 Å². The molecule has 1 aromatic heterocycles. The number of nitrogens with zero attached hydrogens (tertiary/aromatic N) is 2. The maximum absolute atomic E-state index is 5.14. The number of aromatic nitrogens is 2. The molecule has 0 radical (unpaired) electrons. The van der Waals surface area contributed by atoms with E-state index in [1.54, 1.807) is 13.3 Å². The molecule has 0 fully saturated rings. The van der Waals surface area contributed by atoms with Crippen LogP contribution in [0.4, 0.5) is 0 Å². The lowest BCUT2D eigenvalue weighted by Crippen LogP contribution is -2.14. The molecular weight excluding hydrogens is 226 g/mol. The van der Waals surface area contributed by atoms with E-state index in [0.29, 0.717) is 6.54 Å². The summed E-state index contributed by atoms with van der Waals surface area (Å²) in [4.78, 5) is 8.76. The van der Waals surface area contributed by atoms with Crippen LogP contribution in [0.2, 0.25) is 0 Å². The topological polar surface area (TPSA) is 47.0 Å². The summed E-state index contributed by atoms with van der Waals surface area (Å²) in [7, 11) is 1.66. The van der Waals surface area contributed by atoms with Crippen LogP contribution in [0, 0.1) is 0 Å². The van der Waals surface area contributed by atoms with Gasteiger partial charge >= 0.3 is 0 Å². The molecule has 1 heterocycles. The Hall–Kier alpha value is -1.94. The van der Waals surface area contributed by atoms with E-state index in [1.807, 2.05) is 30.3 Å². The highest BCUT2D eigenvalue weighted by Gasteiger charge is 2.02. The van der Waals surface area contributed by atoms with E-state index in [9.17, 15) is 0 Å². The number of benzene rings is 1. The molecule has 18 heavy (non-hydrogen) atoms. The Kier molecular flexibility index (Phi) is 4.25. The van der Waals surface area contributed by atoms with E-state index in [-0.39, 0.29) is 0 Å². The Morgan fingerprint density at radius 2 is 1.94 bits per heavy atom. The van der Waals surface area contributed by atoms with Crippen LogP contribution < -0.4 is 10.1 Å². The Bertz CT molecular complexity index is 497. The van der Waals surface area contributed by atoms with E-state index in [0.717, 1.165) is 29.4 Å². The normalized spacial score (nSPS) is 10.3. The number of nitrogens with one attached hydrogen (secondary N) is 1. The van der Waals surface area contributed by atoms with Gasteiger partial charge in [-0.3, -0.25) is 0 Å². The van der Waals surface area contributed by atoms with Gasteiger partial charge in [-0.1, -0.05) is 6.92 Å². The van der Waals surface area contributed by atoms with E-state index in [1.165, 1.54) is 0 Å². The van der Waals surface area contributed by atoms with Crippen molar-refractivity contribution in [1.82, 2.24) is 15.3 Å². The van der Waals surface area contributed by atoms with Crippen molar-refractivity contribution >= 4 is 0 Å². The molecule has 0 amide bonds. The first kappa shape index (κ1) is 12.5. The van der Waals surface area contributed by atoms with Crippen LogP contribution in [0.5, 0.6) is 5.75 Å². The van der Waals surface area contributed by atoms with Crippen molar-refractivity contribution in [3.05, 3.63) is 42.4 Å². The van der Waals surface area contributed by atoms with Gasteiger partial charge in [-0.2, -0.15) is 0 Å². The molecule has 0 saturated heterocycles. The maximum Gasteiger partial charge on any atom is 0.142 e. The summed E-state index contributed by atoms with van der Waals surface area (Å²) >= 11 is 0. The van der Waals surface area contributed by atoms with Gasteiger partial charge in [-0.05, 0) is 36.9 Å². The first-order chi connectivity index (χ1) is 8.83. The minimum atomic E-state index is 0.695. The average Bonchev–Trinajstić information content (AvgIpc) is 2.45. The van der Waals surface area contributed by atoms with Crippen LogP contribution in [0.25, 0.3) is 11.3 Å². The molecule has 0 bridgehead atoms. The fraction of sp³-hybridized carbons (Fsp3) is 0.286. The molecule has 0 aliphatic rings.